The van der Waals surface area contributed by atoms with Gasteiger partial charge in [-0.1, -0.05) is 22.8 Å². The third kappa shape index (κ3) is 3.22. The van der Waals surface area contributed by atoms with E-state index in [1.165, 1.54) is 18.5 Å². The van der Waals surface area contributed by atoms with Gasteiger partial charge >= 0.3 is 12.1 Å². The van der Waals surface area contributed by atoms with E-state index in [9.17, 15) is 17.6 Å². The van der Waals surface area contributed by atoms with E-state index in [4.69, 9.17) is 17.3 Å². The molecule has 1 aromatic carbocycles. The lowest BCUT2D eigenvalue weighted by Gasteiger charge is -2.06. The summed E-state index contributed by atoms with van der Waals surface area (Å²) in [7, 11) is 0. The average Bonchev–Trinajstić information content (AvgIpc) is 3.23. The van der Waals surface area contributed by atoms with Gasteiger partial charge in [0.15, 0.2) is 10.8 Å². The van der Waals surface area contributed by atoms with Crippen molar-refractivity contribution in [1.82, 2.24) is 29.7 Å². The van der Waals surface area contributed by atoms with Crippen LogP contribution >= 0.6 is 11.6 Å². The lowest BCUT2D eigenvalue weighted by atomic mass is 10.1. The van der Waals surface area contributed by atoms with Crippen molar-refractivity contribution >= 4 is 28.7 Å². The molecule has 3 aromatic heterocycles. The maximum atomic E-state index is 14.4. The molecule has 0 spiro atoms. The molecular formula is C15H8ClF4N7O. The molecular weight excluding hydrogens is 406 g/mol. The van der Waals surface area contributed by atoms with Gasteiger partial charge in [-0.2, -0.15) is 28.1 Å². The van der Waals surface area contributed by atoms with Crippen molar-refractivity contribution in [1.29, 1.82) is 0 Å². The Bertz CT molecular complexity index is 1190. The minimum absolute atomic E-state index is 0.0432. The van der Waals surface area contributed by atoms with Crippen LogP contribution in [0.5, 0.6) is 0 Å². The molecule has 13 heteroatoms. The molecule has 0 amide bonds. The van der Waals surface area contributed by atoms with Gasteiger partial charge in [0, 0.05) is 0 Å². The zero-order valence-corrected chi connectivity index (χ0v) is 14.3. The standard InChI is InChI=1S/C15H8ClF4N7O/c16-10-9-12(25-14(21)23-10)27(5-22-9)4-6-1-2-7(8(17)3-6)11-24-13(28-26-11)15(18,19)20/h1-3,5H,4H2,(H2,21,23,25). The number of nitrogen functional groups attached to an aromatic ring is 1. The first-order valence-corrected chi connectivity index (χ1v) is 7.93. The van der Waals surface area contributed by atoms with Crippen LogP contribution in [0, 0.1) is 5.82 Å². The van der Waals surface area contributed by atoms with E-state index in [1.807, 2.05) is 0 Å². The monoisotopic (exact) mass is 413 g/mol. The number of rotatable bonds is 3. The molecule has 0 unspecified atom stereocenters. The van der Waals surface area contributed by atoms with Crippen molar-refractivity contribution in [2.45, 2.75) is 12.7 Å². The van der Waals surface area contributed by atoms with Gasteiger partial charge in [0.2, 0.25) is 11.8 Å². The van der Waals surface area contributed by atoms with E-state index in [-0.39, 0.29) is 23.2 Å². The number of alkyl halides is 3. The van der Waals surface area contributed by atoms with Crippen molar-refractivity contribution in [3.8, 4) is 11.4 Å². The van der Waals surface area contributed by atoms with E-state index < -0.39 is 23.7 Å². The Morgan fingerprint density at radius 1 is 1.18 bits per heavy atom. The Morgan fingerprint density at radius 3 is 2.64 bits per heavy atom. The van der Waals surface area contributed by atoms with Crippen LogP contribution in [-0.2, 0) is 12.7 Å². The zero-order chi connectivity index (χ0) is 20.1. The highest BCUT2D eigenvalue weighted by molar-refractivity contribution is 6.33. The molecule has 0 aliphatic rings. The fourth-order valence-corrected chi connectivity index (χ4v) is 2.74. The minimum Gasteiger partial charge on any atom is -0.368 e. The predicted molar refractivity (Wildman–Crippen MR) is 88.5 cm³/mol. The van der Waals surface area contributed by atoms with Gasteiger partial charge < -0.3 is 14.8 Å². The van der Waals surface area contributed by atoms with Gasteiger partial charge in [0.05, 0.1) is 18.4 Å². The van der Waals surface area contributed by atoms with Crippen LogP contribution in [0.1, 0.15) is 11.5 Å². The fourth-order valence-electron chi connectivity index (χ4n) is 2.52. The highest BCUT2D eigenvalue weighted by atomic mass is 35.5. The quantitative estimate of drug-likeness (QED) is 0.405. The van der Waals surface area contributed by atoms with E-state index >= 15 is 0 Å². The van der Waals surface area contributed by atoms with Crippen LogP contribution < -0.4 is 5.73 Å². The molecule has 28 heavy (non-hydrogen) atoms. The first-order valence-electron chi connectivity index (χ1n) is 7.56. The highest BCUT2D eigenvalue weighted by Crippen LogP contribution is 2.30. The normalized spacial score (nSPS) is 12.0. The van der Waals surface area contributed by atoms with Gasteiger partial charge in [-0.05, 0) is 17.7 Å². The van der Waals surface area contributed by atoms with Crippen LogP contribution in [0.4, 0.5) is 23.5 Å². The first kappa shape index (κ1) is 18.1. The second kappa shape index (κ2) is 6.41. The molecule has 3 heterocycles. The second-order valence-corrected chi connectivity index (χ2v) is 6.01. The summed E-state index contributed by atoms with van der Waals surface area (Å²) >= 11 is 5.96. The Balaban J connectivity index is 1.65. The number of hydrogen-bond acceptors (Lipinski definition) is 7. The van der Waals surface area contributed by atoms with E-state index in [1.54, 1.807) is 4.57 Å². The Kier molecular flexibility index (Phi) is 4.14. The van der Waals surface area contributed by atoms with Crippen molar-refractivity contribution < 1.29 is 22.1 Å². The number of fused-ring (bicyclic) bond motifs is 1. The van der Waals surface area contributed by atoms with Crippen LogP contribution in [0.3, 0.4) is 0 Å². The van der Waals surface area contributed by atoms with Crippen molar-refractivity contribution in [2.24, 2.45) is 0 Å². The smallest absolute Gasteiger partial charge is 0.368 e. The largest absolute Gasteiger partial charge is 0.471 e. The second-order valence-electron chi connectivity index (χ2n) is 5.65. The molecule has 0 saturated carbocycles. The van der Waals surface area contributed by atoms with Crippen LogP contribution in [0.2, 0.25) is 5.15 Å². The summed E-state index contributed by atoms with van der Waals surface area (Å²) in [6.45, 7) is 0.153. The van der Waals surface area contributed by atoms with Gasteiger partial charge in [0.25, 0.3) is 0 Å². The molecule has 0 aliphatic carbocycles. The summed E-state index contributed by atoms with van der Waals surface area (Å²) in [6.07, 6.45) is -3.37. The molecule has 0 fully saturated rings. The number of benzene rings is 1. The number of anilines is 1. The van der Waals surface area contributed by atoms with E-state index in [2.05, 4.69) is 29.6 Å². The summed E-state index contributed by atoms with van der Waals surface area (Å²) in [5.74, 6) is -2.91. The number of aromatic nitrogens is 6. The molecule has 4 aromatic rings. The highest BCUT2D eigenvalue weighted by Gasteiger charge is 2.38. The molecule has 0 bridgehead atoms. The van der Waals surface area contributed by atoms with Gasteiger partial charge in [-0.15, -0.1) is 0 Å². The summed E-state index contributed by atoms with van der Waals surface area (Å²) in [6, 6.07) is 3.89. The molecule has 4 rings (SSSR count). The van der Waals surface area contributed by atoms with Gasteiger partial charge in [-0.25, -0.2) is 9.37 Å². The zero-order valence-electron chi connectivity index (χ0n) is 13.6. The number of nitrogens with two attached hydrogens (primary N) is 1. The molecule has 0 radical (unpaired) electrons. The molecule has 144 valence electrons. The lowest BCUT2D eigenvalue weighted by Crippen LogP contribution is -2.05. The summed E-state index contributed by atoms with van der Waals surface area (Å²) in [5.41, 5.74) is 6.52. The third-order valence-corrected chi connectivity index (χ3v) is 4.00. The fraction of sp³-hybridized carbons (Fsp3) is 0.133. The summed E-state index contributed by atoms with van der Waals surface area (Å²) < 4.78 is 57.8. The van der Waals surface area contributed by atoms with Crippen LogP contribution in [-0.4, -0.2) is 29.7 Å². The topological polar surface area (TPSA) is 109 Å². The molecule has 0 atom stereocenters. The third-order valence-electron chi connectivity index (χ3n) is 3.73. The Hall–Kier alpha value is -3.28. The van der Waals surface area contributed by atoms with E-state index in [0.29, 0.717) is 16.7 Å². The lowest BCUT2D eigenvalue weighted by molar-refractivity contribution is -0.159. The van der Waals surface area contributed by atoms with Crippen LogP contribution in [0.15, 0.2) is 29.0 Å². The van der Waals surface area contributed by atoms with Gasteiger partial charge in [-0.3, -0.25) is 0 Å². The minimum atomic E-state index is -4.81. The maximum absolute atomic E-state index is 14.4. The first-order chi connectivity index (χ1) is 13.2. The number of hydrogen-bond donors (Lipinski definition) is 1. The maximum Gasteiger partial charge on any atom is 0.471 e. The predicted octanol–water partition coefficient (Wildman–Crippen LogP) is 3.32. The molecule has 0 saturated heterocycles. The number of halogens is 5. The van der Waals surface area contributed by atoms with E-state index in [0.717, 1.165) is 6.07 Å². The summed E-state index contributed by atoms with van der Waals surface area (Å²) in [5, 5.41) is 3.26. The number of imidazole rings is 1. The Morgan fingerprint density at radius 2 is 1.96 bits per heavy atom. The average molecular weight is 414 g/mol. The molecule has 8 nitrogen and oxygen atoms in total. The molecule has 2 N–H and O–H groups in total. The van der Waals surface area contributed by atoms with Crippen LogP contribution in [0.25, 0.3) is 22.6 Å². The van der Waals surface area contributed by atoms with Crippen molar-refractivity contribution in [3.63, 3.8) is 0 Å². The van der Waals surface area contributed by atoms with Gasteiger partial charge in [0.1, 0.15) is 11.3 Å². The number of nitrogens with zero attached hydrogens (tertiary/aromatic N) is 6. The van der Waals surface area contributed by atoms with Crippen molar-refractivity contribution in [3.05, 3.63) is 47.0 Å². The SMILES string of the molecule is Nc1nc(Cl)c2ncn(Cc3ccc(-c4noc(C(F)(F)F)n4)c(F)c3)c2n1. The van der Waals surface area contributed by atoms with Crippen molar-refractivity contribution in [2.75, 3.05) is 5.73 Å². The Labute approximate surface area is 158 Å². The molecule has 0 aliphatic heterocycles. The summed E-state index contributed by atoms with van der Waals surface area (Å²) in [4.78, 5) is 15.1.